The molecule has 2 aromatic rings. The first-order valence-corrected chi connectivity index (χ1v) is 8.03. The van der Waals surface area contributed by atoms with Crippen molar-refractivity contribution in [3.05, 3.63) is 65.7 Å². The van der Waals surface area contributed by atoms with Gasteiger partial charge in [0.1, 0.15) is 0 Å². The Morgan fingerprint density at radius 2 is 1.64 bits per heavy atom. The molecule has 0 saturated carbocycles. The van der Waals surface area contributed by atoms with Gasteiger partial charge in [0.2, 0.25) is 5.91 Å². The number of carbonyl (C=O) groups excluding carboxylic acids is 2. The fourth-order valence-electron chi connectivity index (χ4n) is 1.79. The van der Waals surface area contributed by atoms with Gasteiger partial charge in [-0.3, -0.25) is 20.4 Å². The second-order valence-electron chi connectivity index (χ2n) is 4.65. The van der Waals surface area contributed by atoms with Crippen LogP contribution < -0.4 is 10.9 Å². The van der Waals surface area contributed by atoms with E-state index in [9.17, 15) is 9.59 Å². The third-order valence-electron chi connectivity index (χ3n) is 3.05. The van der Waals surface area contributed by atoms with E-state index >= 15 is 0 Å². The molecule has 0 fully saturated rings. The molecule has 0 aliphatic carbocycles. The van der Waals surface area contributed by atoms with Crippen molar-refractivity contribution in [1.82, 2.24) is 10.9 Å². The zero-order chi connectivity index (χ0) is 15.8. The Morgan fingerprint density at radius 3 is 2.27 bits per heavy atom. The highest BCUT2D eigenvalue weighted by Crippen LogP contribution is 2.16. The van der Waals surface area contributed by atoms with Crippen LogP contribution in [-0.4, -0.2) is 17.6 Å². The van der Waals surface area contributed by atoms with E-state index in [1.807, 2.05) is 42.5 Å². The highest BCUT2D eigenvalue weighted by atomic mass is 32.2. The van der Waals surface area contributed by atoms with Crippen molar-refractivity contribution >= 4 is 23.6 Å². The van der Waals surface area contributed by atoms with Gasteiger partial charge in [0.05, 0.1) is 5.75 Å². The van der Waals surface area contributed by atoms with Crippen LogP contribution in [0.3, 0.4) is 0 Å². The van der Waals surface area contributed by atoms with Gasteiger partial charge in [-0.25, -0.2) is 0 Å². The molecule has 0 aromatic heterocycles. The van der Waals surface area contributed by atoms with Crippen LogP contribution in [0.1, 0.15) is 22.8 Å². The lowest BCUT2D eigenvalue weighted by atomic mass is 10.1. The van der Waals surface area contributed by atoms with Gasteiger partial charge in [-0.05, 0) is 36.2 Å². The van der Waals surface area contributed by atoms with E-state index in [-0.39, 0.29) is 17.6 Å². The second kappa shape index (κ2) is 8.24. The number of hydrazine groups is 1. The minimum absolute atomic E-state index is 0.243. The molecule has 0 bridgehead atoms. The summed E-state index contributed by atoms with van der Waals surface area (Å²) in [5.41, 5.74) is 6.53. The first-order chi connectivity index (χ1) is 10.7. The molecule has 0 aliphatic heterocycles. The summed E-state index contributed by atoms with van der Waals surface area (Å²) < 4.78 is 0. The van der Waals surface area contributed by atoms with Crippen molar-refractivity contribution in [3.63, 3.8) is 0 Å². The third kappa shape index (κ3) is 4.93. The van der Waals surface area contributed by atoms with Gasteiger partial charge in [0.15, 0.2) is 0 Å². The molecule has 0 aliphatic rings. The predicted octanol–water partition coefficient (Wildman–Crippen LogP) is 2.80. The number of hydrogen-bond acceptors (Lipinski definition) is 3. The quantitative estimate of drug-likeness (QED) is 0.659. The molecule has 2 aromatic carbocycles. The Balaban J connectivity index is 1.76. The van der Waals surface area contributed by atoms with Gasteiger partial charge >= 0.3 is 0 Å². The van der Waals surface area contributed by atoms with Crippen molar-refractivity contribution in [3.8, 4) is 0 Å². The van der Waals surface area contributed by atoms with E-state index < -0.39 is 0 Å². The molecule has 0 heterocycles. The standard InChI is InChI=1S/C17H18N2O2S/c1-2-13-8-10-14(11-9-13)17(21)19-18-16(20)12-22-15-6-4-3-5-7-15/h3-11H,2,12H2,1H3,(H,18,20)(H,19,21). The smallest absolute Gasteiger partial charge is 0.269 e. The lowest BCUT2D eigenvalue weighted by molar-refractivity contribution is -0.119. The summed E-state index contributed by atoms with van der Waals surface area (Å²) >= 11 is 1.42. The SMILES string of the molecule is CCc1ccc(C(=O)NNC(=O)CSc2ccccc2)cc1. The average molecular weight is 314 g/mol. The Kier molecular flexibility index (Phi) is 6.03. The van der Waals surface area contributed by atoms with Gasteiger partial charge in [-0.1, -0.05) is 37.3 Å². The number of carbonyl (C=O) groups is 2. The van der Waals surface area contributed by atoms with E-state index in [0.717, 1.165) is 11.3 Å². The topological polar surface area (TPSA) is 58.2 Å². The number of thioether (sulfide) groups is 1. The van der Waals surface area contributed by atoms with E-state index in [0.29, 0.717) is 5.56 Å². The maximum absolute atomic E-state index is 11.9. The molecular formula is C17H18N2O2S. The normalized spacial score (nSPS) is 10.0. The zero-order valence-corrected chi connectivity index (χ0v) is 13.2. The lowest BCUT2D eigenvalue weighted by Crippen LogP contribution is -2.42. The highest BCUT2D eigenvalue weighted by Gasteiger charge is 2.07. The van der Waals surface area contributed by atoms with Crippen molar-refractivity contribution < 1.29 is 9.59 Å². The first-order valence-electron chi connectivity index (χ1n) is 7.05. The van der Waals surface area contributed by atoms with Gasteiger partial charge in [-0.15, -0.1) is 11.8 Å². The molecule has 0 saturated heterocycles. The molecule has 114 valence electrons. The molecule has 0 spiro atoms. The third-order valence-corrected chi connectivity index (χ3v) is 4.06. The summed E-state index contributed by atoms with van der Waals surface area (Å²) in [6.45, 7) is 2.06. The van der Waals surface area contributed by atoms with E-state index in [1.165, 1.54) is 17.3 Å². The number of hydrogen-bond donors (Lipinski definition) is 2. The Morgan fingerprint density at radius 1 is 0.955 bits per heavy atom. The van der Waals surface area contributed by atoms with Gasteiger partial charge in [-0.2, -0.15) is 0 Å². The van der Waals surface area contributed by atoms with Crippen LogP contribution in [0.2, 0.25) is 0 Å². The lowest BCUT2D eigenvalue weighted by Gasteiger charge is -2.07. The second-order valence-corrected chi connectivity index (χ2v) is 5.70. The number of benzene rings is 2. The van der Waals surface area contributed by atoms with Crippen LogP contribution >= 0.6 is 11.8 Å². The zero-order valence-electron chi connectivity index (χ0n) is 12.3. The summed E-state index contributed by atoms with van der Waals surface area (Å²) in [6, 6.07) is 16.9. The Hall–Kier alpha value is -2.27. The minimum Gasteiger partial charge on any atom is -0.272 e. The van der Waals surface area contributed by atoms with E-state index in [4.69, 9.17) is 0 Å². The van der Waals surface area contributed by atoms with Crippen molar-refractivity contribution in [2.75, 3.05) is 5.75 Å². The molecule has 0 atom stereocenters. The van der Waals surface area contributed by atoms with E-state index in [1.54, 1.807) is 12.1 Å². The predicted molar refractivity (Wildman–Crippen MR) is 88.6 cm³/mol. The Bertz CT molecular complexity index is 627. The van der Waals surface area contributed by atoms with Crippen molar-refractivity contribution in [2.45, 2.75) is 18.2 Å². The number of aryl methyl sites for hydroxylation is 1. The fourth-order valence-corrected chi connectivity index (χ4v) is 2.51. The molecule has 4 nitrogen and oxygen atoms in total. The number of nitrogens with one attached hydrogen (secondary N) is 2. The molecule has 5 heteroatoms. The molecular weight excluding hydrogens is 296 g/mol. The molecule has 2 amide bonds. The molecule has 0 radical (unpaired) electrons. The van der Waals surface area contributed by atoms with Crippen molar-refractivity contribution in [1.29, 1.82) is 0 Å². The van der Waals surface area contributed by atoms with Gasteiger partial charge < -0.3 is 0 Å². The maximum atomic E-state index is 11.9. The van der Waals surface area contributed by atoms with Crippen LogP contribution in [0.4, 0.5) is 0 Å². The van der Waals surface area contributed by atoms with Crippen LogP contribution in [0.25, 0.3) is 0 Å². The van der Waals surface area contributed by atoms with Crippen LogP contribution in [0, 0.1) is 0 Å². The van der Waals surface area contributed by atoms with Crippen LogP contribution in [0.5, 0.6) is 0 Å². The van der Waals surface area contributed by atoms with Gasteiger partial charge in [0, 0.05) is 10.5 Å². The maximum Gasteiger partial charge on any atom is 0.269 e. The monoisotopic (exact) mass is 314 g/mol. The first kappa shape index (κ1) is 16.1. The molecule has 2 N–H and O–H groups in total. The van der Waals surface area contributed by atoms with Crippen LogP contribution in [-0.2, 0) is 11.2 Å². The summed E-state index contributed by atoms with van der Waals surface area (Å²) in [6.07, 6.45) is 0.926. The molecule has 22 heavy (non-hydrogen) atoms. The van der Waals surface area contributed by atoms with Crippen LogP contribution in [0.15, 0.2) is 59.5 Å². The number of amides is 2. The van der Waals surface area contributed by atoms with Crippen molar-refractivity contribution in [2.24, 2.45) is 0 Å². The minimum atomic E-state index is -0.319. The van der Waals surface area contributed by atoms with E-state index in [2.05, 4.69) is 17.8 Å². The molecule has 2 rings (SSSR count). The largest absolute Gasteiger partial charge is 0.272 e. The average Bonchev–Trinajstić information content (AvgIpc) is 2.58. The summed E-state index contributed by atoms with van der Waals surface area (Å²) in [4.78, 5) is 24.6. The fraction of sp³-hybridized carbons (Fsp3) is 0.176. The number of rotatable bonds is 5. The molecule has 0 unspecified atom stereocenters. The summed E-state index contributed by atoms with van der Waals surface area (Å²) in [7, 11) is 0. The highest BCUT2D eigenvalue weighted by molar-refractivity contribution is 8.00. The Labute approximate surface area is 134 Å². The summed E-state index contributed by atoms with van der Waals surface area (Å²) in [5.74, 6) is -0.313. The summed E-state index contributed by atoms with van der Waals surface area (Å²) in [5, 5.41) is 0. The van der Waals surface area contributed by atoms with Gasteiger partial charge in [0.25, 0.3) is 5.91 Å².